The third-order valence-electron chi connectivity index (χ3n) is 5.54. The van der Waals surface area contributed by atoms with E-state index in [4.69, 9.17) is 9.47 Å². The van der Waals surface area contributed by atoms with Crippen LogP contribution >= 0.6 is 12.4 Å². The molecule has 2 aromatic rings. The molecule has 1 N–H and O–H groups in total. The van der Waals surface area contributed by atoms with E-state index < -0.39 is 0 Å². The SMILES string of the molecule is CCCCCCCCC(COCCNC(C)(C)c1ccccc1)Oc1ccccc1.Cl. The summed E-state index contributed by atoms with van der Waals surface area (Å²) >= 11 is 0. The van der Waals surface area contributed by atoms with Crippen molar-refractivity contribution in [1.29, 1.82) is 0 Å². The zero-order chi connectivity index (χ0) is 21.5. The van der Waals surface area contributed by atoms with Crippen LogP contribution < -0.4 is 10.1 Å². The number of halogens is 1. The molecule has 0 amide bonds. The van der Waals surface area contributed by atoms with E-state index in [0.29, 0.717) is 13.2 Å². The van der Waals surface area contributed by atoms with Gasteiger partial charge in [0.15, 0.2) is 0 Å². The van der Waals surface area contributed by atoms with Crippen LogP contribution in [-0.2, 0) is 10.3 Å². The summed E-state index contributed by atoms with van der Waals surface area (Å²) in [6, 6.07) is 20.7. The lowest BCUT2D eigenvalue weighted by atomic mass is 9.94. The molecule has 3 nitrogen and oxygen atoms in total. The summed E-state index contributed by atoms with van der Waals surface area (Å²) in [5, 5.41) is 3.60. The van der Waals surface area contributed by atoms with E-state index in [1.54, 1.807) is 0 Å². The number of para-hydroxylation sites is 1. The van der Waals surface area contributed by atoms with Crippen LogP contribution in [0.2, 0.25) is 0 Å². The second-order valence-electron chi connectivity index (χ2n) is 8.60. The molecule has 0 saturated carbocycles. The molecule has 0 spiro atoms. The summed E-state index contributed by atoms with van der Waals surface area (Å²) < 4.78 is 12.2. The predicted molar refractivity (Wildman–Crippen MR) is 134 cm³/mol. The van der Waals surface area contributed by atoms with Gasteiger partial charge >= 0.3 is 0 Å². The highest BCUT2D eigenvalue weighted by molar-refractivity contribution is 5.85. The Morgan fingerprint density at radius 1 is 0.839 bits per heavy atom. The molecule has 0 heterocycles. The average Bonchev–Trinajstić information content (AvgIpc) is 2.77. The van der Waals surface area contributed by atoms with Crippen LogP contribution in [-0.4, -0.2) is 25.9 Å². The molecule has 1 unspecified atom stereocenters. The van der Waals surface area contributed by atoms with E-state index in [1.165, 1.54) is 44.1 Å². The first kappa shape index (κ1) is 27.5. The van der Waals surface area contributed by atoms with Crippen molar-refractivity contribution in [3.05, 3.63) is 66.2 Å². The van der Waals surface area contributed by atoms with E-state index in [0.717, 1.165) is 18.7 Å². The maximum Gasteiger partial charge on any atom is 0.122 e. The largest absolute Gasteiger partial charge is 0.488 e. The standard InChI is InChI=1S/C27H41NO2.ClH/c1-4-5-6-7-8-13-20-26(30-25-18-14-10-15-19-25)23-29-22-21-28-27(2,3)24-16-11-9-12-17-24;/h9-12,14-19,26,28H,4-8,13,20-23H2,1-3H3;1H. The molecule has 0 aliphatic heterocycles. The van der Waals surface area contributed by atoms with Gasteiger partial charge in [-0.2, -0.15) is 0 Å². The monoisotopic (exact) mass is 447 g/mol. The van der Waals surface area contributed by atoms with Crippen LogP contribution in [0.4, 0.5) is 0 Å². The van der Waals surface area contributed by atoms with Gasteiger partial charge < -0.3 is 14.8 Å². The number of rotatable bonds is 16. The van der Waals surface area contributed by atoms with Gasteiger partial charge in [-0.15, -0.1) is 12.4 Å². The molecule has 2 rings (SSSR count). The zero-order valence-corrected chi connectivity index (χ0v) is 20.5. The summed E-state index contributed by atoms with van der Waals surface area (Å²) in [7, 11) is 0. The molecule has 0 bridgehead atoms. The fourth-order valence-electron chi connectivity index (χ4n) is 3.63. The van der Waals surface area contributed by atoms with Crippen molar-refractivity contribution in [2.45, 2.75) is 77.4 Å². The molecular weight excluding hydrogens is 406 g/mol. The van der Waals surface area contributed by atoms with E-state index >= 15 is 0 Å². The first-order chi connectivity index (χ1) is 14.6. The van der Waals surface area contributed by atoms with Crippen LogP contribution in [0.25, 0.3) is 0 Å². The van der Waals surface area contributed by atoms with Crippen molar-refractivity contribution in [2.24, 2.45) is 0 Å². The van der Waals surface area contributed by atoms with Crippen LogP contribution in [0.3, 0.4) is 0 Å². The van der Waals surface area contributed by atoms with E-state index in [2.05, 4.69) is 56.4 Å². The lowest BCUT2D eigenvalue weighted by Gasteiger charge is -2.27. The number of ether oxygens (including phenoxy) is 2. The predicted octanol–water partition coefficient (Wildman–Crippen LogP) is 7.15. The summed E-state index contributed by atoms with van der Waals surface area (Å²) in [5.41, 5.74) is 1.22. The van der Waals surface area contributed by atoms with Gasteiger partial charge in [0.1, 0.15) is 11.9 Å². The average molecular weight is 448 g/mol. The van der Waals surface area contributed by atoms with Crippen LogP contribution in [0.15, 0.2) is 60.7 Å². The third-order valence-corrected chi connectivity index (χ3v) is 5.54. The molecule has 0 aromatic heterocycles. The number of hydrogen-bond acceptors (Lipinski definition) is 3. The Kier molecular flexibility index (Phi) is 14.3. The van der Waals surface area contributed by atoms with E-state index in [9.17, 15) is 0 Å². The molecule has 174 valence electrons. The van der Waals surface area contributed by atoms with Crippen molar-refractivity contribution in [2.75, 3.05) is 19.8 Å². The third kappa shape index (κ3) is 11.6. The van der Waals surface area contributed by atoms with Crippen molar-refractivity contribution >= 4 is 12.4 Å². The Morgan fingerprint density at radius 2 is 1.45 bits per heavy atom. The Morgan fingerprint density at radius 3 is 2.13 bits per heavy atom. The van der Waals surface area contributed by atoms with Gasteiger partial charge in [-0.1, -0.05) is 87.6 Å². The molecule has 0 aliphatic carbocycles. The Balaban J connectivity index is 0.00000480. The molecule has 0 aliphatic rings. The molecule has 31 heavy (non-hydrogen) atoms. The van der Waals surface area contributed by atoms with Gasteiger partial charge in [0.05, 0.1) is 13.2 Å². The lowest BCUT2D eigenvalue weighted by molar-refractivity contribution is 0.0440. The second-order valence-corrected chi connectivity index (χ2v) is 8.60. The Labute approximate surface area is 196 Å². The summed E-state index contributed by atoms with van der Waals surface area (Å²) in [5.74, 6) is 0.931. The number of nitrogens with one attached hydrogen (secondary N) is 1. The fourth-order valence-corrected chi connectivity index (χ4v) is 3.63. The molecule has 2 aromatic carbocycles. The van der Waals surface area contributed by atoms with Crippen molar-refractivity contribution < 1.29 is 9.47 Å². The molecule has 4 heteroatoms. The van der Waals surface area contributed by atoms with Gasteiger partial charge in [0.25, 0.3) is 0 Å². The minimum absolute atomic E-state index is 0. The van der Waals surface area contributed by atoms with Gasteiger partial charge in [0, 0.05) is 12.1 Å². The van der Waals surface area contributed by atoms with Gasteiger partial charge in [-0.3, -0.25) is 0 Å². The van der Waals surface area contributed by atoms with Gasteiger partial charge in [-0.05, 0) is 44.4 Å². The molecule has 0 saturated heterocycles. The Hall–Kier alpha value is -1.55. The topological polar surface area (TPSA) is 30.5 Å². The normalized spacial score (nSPS) is 12.2. The summed E-state index contributed by atoms with van der Waals surface area (Å²) in [6.07, 6.45) is 8.95. The first-order valence-corrected chi connectivity index (χ1v) is 11.7. The Bertz CT molecular complexity index is 663. The highest BCUT2D eigenvalue weighted by atomic mass is 35.5. The maximum absolute atomic E-state index is 6.21. The minimum atomic E-state index is -0.0664. The van der Waals surface area contributed by atoms with Gasteiger partial charge in [0.2, 0.25) is 0 Å². The second kappa shape index (κ2) is 16.1. The maximum atomic E-state index is 6.21. The minimum Gasteiger partial charge on any atom is -0.488 e. The number of benzene rings is 2. The summed E-state index contributed by atoms with van der Waals surface area (Å²) in [6.45, 7) is 8.82. The van der Waals surface area contributed by atoms with Crippen molar-refractivity contribution in [3.63, 3.8) is 0 Å². The van der Waals surface area contributed by atoms with Crippen molar-refractivity contribution in [1.82, 2.24) is 5.32 Å². The van der Waals surface area contributed by atoms with E-state index in [1.807, 2.05) is 30.3 Å². The van der Waals surface area contributed by atoms with Crippen LogP contribution in [0, 0.1) is 0 Å². The highest BCUT2D eigenvalue weighted by Gasteiger charge is 2.19. The number of hydrogen-bond donors (Lipinski definition) is 1. The molecule has 0 radical (unpaired) electrons. The fraction of sp³-hybridized carbons (Fsp3) is 0.556. The number of unbranched alkanes of at least 4 members (excludes halogenated alkanes) is 5. The molecular formula is C27H42ClNO2. The quantitative estimate of drug-likeness (QED) is 0.277. The van der Waals surface area contributed by atoms with E-state index in [-0.39, 0.29) is 24.0 Å². The van der Waals surface area contributed by atoms with Crippen LogP contribution in [0.5, 0.6) is 5.75 Å². The smallest absolute Gasteiger partial charge is 0.122 e. The lowest BCUT2D eigenvalue weighted by Crippen LogP contribution is -2.39. The zero-order valence-electron chi connectivity index (χ0n) is 19.6. The highest BCUT2D eigenvalue weighted by Crippen LogP contribution is 2.19. The summed E-state index contributed by atoms with van der Waals surface area (Å²) in [4.78, 5) is 0. The first-order valence-electron chi connectivity index (χ1n) is 11.7. The molecule has 1 atom stereocenters. The van der Waals surface area contributed by atoms with Crippen molar-refractivity contribution in [3.8, 4) is 5.75 Å². The van der Waals surface area contributed by atoms with Crippen LogP contribution in [0.1, 0.15) is 71.3 Å². The molecule has 0 fully saturated rings. The van der Waals surface area contributed by atoms with Gasteiger partial charge in [-0.25, -0.2) is 0 Å².